The fourth-order valence-electron chi connectivity index (χ4n) is 3.73. The van der Waals surface area contributed by atoms with E-state index in [4.69, 9.17) is 0 Å². The zero-order valence-electron chi connectivity index (χ0n) is 14.7. The van der Waals surface area contributed by atoms with Crippen molar-refractivity contribution >= 4 is 21.6 Å². The van der Waals surface area contributed by atoms with Gasteiger partial charge in [-0.05, 0) is 36.6 Å². The summed E-state index contributed by atoms with van der Waals surface area (Å²) < 4.78 is 27.6. The van der Waals surface area contributed by atoms with Crippen LogP contribution in [0.4, 0.5) is 5.69 Å². The van der Waals surface area contributed by atoms with Crippen LogP contribution < -0.4 is 4.90 Å². The molecule has 0 saturated carbocycles. The van der Waals surface area contributed by atoms with Gasteiger partial charge in [-0.3, -0.25) is 4.79 Å². The number of carbonyl (C=O) groups is 1. The van der Waals surface area contributed by atoms with Gasteiger partial charge in [-0.1, -0.05) is 26.7 Å². The summed E-state index contributed by atoms with van der Waals surface area (Å²) in [6, 6.07) is 5.21. The van der Waals surface area contributed by atoms with Crippen molar-refractivity contribution in [1.82, 2.24) is 4.31 Å². The van der Waals surface area contributed by atoms with Gasteiger partial charge >= 0.3 is 0 Å². The second kappa shape index (κ2) is 6.15. The fourth-order valence-corrected chi connectivity index (χ4v) is 5.27. The summed E-state index contributed by atoms with van der Waals surface area (Å²) in [5.41, 5.74) is 1.53. The SMILES string of the molecule is CC(=O)N1CC(C)(C)c2cc(S(=O)(=O)N3CCCCCC3)ccc21. The molecule has 0 bridgehead atoms. The molecule has 0 atom stereocenters. The average molecular weight is 350 g/mol. The maximum atomic E-state index is 13.0. The van der Waals surface area contributed by atoms with E-state index in [1.54, 1.807) is 34.3 Å². The van der Waals surface area contributed by atoms with Gasteiger partial charge in [-0.15, -0.1) is 0 Å². The molecule has 1 aromatic rings. The Kier molecular flexibility index (Phi) is 4.47. The molecular formula is C18H26N2O3S. The van der Waals surface area contributed by atoms with E-state index in [2.05, 4.69) is 13.8 Å². The number of nitrogens with zero attached hydrogens (tertiary/aromatic N) is 2. The monoisotopic (exact) mass is 350 g/mol. The van der Waals surface area contributed by atoms with Crippen molar-refractivity contribution in [3.05, 3.63) is 23.8 Å². The third-order valence-corrected chi connectivity index (χ3v) is 7.02. The quantitative estimate of drug-likeness (QED) is 0.824. The largest absolute Gasteiger partial charge is 0.311 e. The molecule has 0 unspecified atom stereocenters. The first-order valence-corrected chi connectivity index (χ1v) is 10.1. The van der Waals surface area contributed by atoms with E-state index in [1.807, 2.05) is 0 Å². The third kappa shape index (κ3) is 2.97. The first kappa shape index (κ1) is 17.4. The minimum Gasteiger partial charge on any atom is -0.311 e. The van der Waals surface area contributed by atoms with Gasteiger partial charge < -0.3 is 4.90 Å². The summed E-state index contributed by atoms with van der Waals surface area (Å²) in [6.45, 7) is 7.44. The molecule has 1 saturated heterocycles. The highest BCUT2D eigenvalue weighted by molar-refractivity contribution is 7.89. The molecule has 0 radical (unpaired) electrons. The van der Waals surface area contributed by atoms with Gasteiger partial charge in [0.2, 0.25) is 15.9 Å². The zero-order chi connectivity index (χ0) is 17.5. The first-order chi connectivity index (χ1) is 11.2. The first-order valence-electron chi connectivity index (χ1n) is 8.66. The number of sulfonamides is 1. The molecule has 0 aromatic heterocycles. The Hall–Kier alpha value is -1.40. The minimum absolute atomic E-state index is 0.00931. The number of amides is 1. The van der Waals surface area contributed by atoms with Gasteiger partial charge in [0.25, 0.3) is 0 Å². The van der Waals surface area contributed by atoms with E-state index in [9.17, 15) is 13.2 Å². The van der Waals surface area contributed by atoms with E-state index >= 15 is 0 Å². The molecule has 2 aliphatic heterocycles. The molecule has 5 nitrogen and oxygen atoms in total. The summed E-state index contributed by atoms with van der Waals surface area (Å²) in [4.78, 5) is 13.9. The number of hydrogen-bond acceptors (Lipinski definition) is 3. The number of rotatable bonds is 2. The molecule has 0 N–H and O–H groups in total. The lowest BCUT2D eigenvalue weighted by atomic mass is 9.87. The van der Waals surface area contributed by atoms with Crippen LogP contribution in [0.15, 0.2) is 23.1 Å². The van der Waals surface area contributed by atoms with Crippen LogP contribution in [0, 0.1) is 0 Å². The van der Waals surface area contributed by atoms with Gasteiger partial charge in [0.15, 0.2) is 0 Å². The fraction of sp³-hybridized carbons (Fsp3) is 0.611. The maximum absolute atomic E-state index is 13.0. The van der Waals surface area contributed by atoms with E-state index in [-0.39, 0.29) is 11.3 Å². The predicted molar refractivity (Wildman–Crippen MR) is 94.7 cm³/mol. The molecule has 1 aromatic carbocycles. The number of carbonyl (C=O) groups excluding carboxylic acids is 1. The van der Waals surface area contributed by atoms with E-state index in [1.165, 1.54) is 0 Å². The molecule has 1 fully saturated rings. The summed E-state index contributed by atoms with van der Waals surface area (Å²) >= 11 is 0. The molecular weight excluding hydrogens is 324 g/mol. The lowest BCUT2D eigenvalue weighted by Crippen LogP contribution is -2.32. The second-order valence-corrected chi connectivity index (χ2v) is 9.42. The van der Waals surface area contributed by atoms with Crippen LogP contribution in [-0.2, 0) is 20.2 Å². The highest BCUT2D eigenvalue weighted by Gasteiger charge is 2.38. The molecule has 24 heavy (non-hydrogen) atoms. The Morgan fingerprint density at radius 2 is 1.71 bits per heavy atom. The van der Waals surface area contributed by atoms with Gasteiger partial charge in [0.1, 0.15) is 0 Å². The Morgan fingerprint density at radius 1 is 1.08 bits per heavy atom. The van der Waals surface area contributed by atoms with Crippen LogP contribution in [0.3, 0.4) is 0 Å². The third-order valence-electron chi connectivity index (χ3n) is 5.12. The Bertz CT molecular complexity index is 748. The molecule has 0 spiro atoms. The van der Waals surface area contributed by atoms with Crippen LogP contribution in [0.1, 0.15) is 52.0 Å². The lowest BCUT2D eigenvalue weighted by molar-refractivity contribution is -0.116. The highest BCUT2D eigenvalue weighted by Crippen LogP contribution is 2.41. The number of fused-ring (bicyclic) bond motifs is 1. The van der Waals surface area contributed by atoms with Crippen LogP contribution in [-0.4, -0.2) is 38.3 Å². The molecule has 3 rings (SSSR count). The van der Waals surface area contributed by atoms with E-state index in [0.717, 1.165) is 36.9 Å². The minimum atomic E-state index is -3.46. The van der Waals surface area contributed by atoms with Gasteiger partial charge in [0.05, 0.1) is 4.90 Å². The summed E-state index contributed by atoms with van der Waals surface area (Å²) in [5.74, 6) is -0.00931. The summed E-state index contributed by atoms with van der Waals surface area (Å²) in [6.07, 6.45) is 4.04. The van der Waals surface area contributed by atoms with Crippen molar-refractivity contribution < 1.29 is 13.2 Å². The maximum Gasteiger partial charge on any atom is 0.243 e. The van der Waals surface area contributed by atoms with Crippen LogP contribution in [0.5, 0.6) is 0 Å². The van der Waals surface area contributed by atoms with Crippen LogP contribution >= 0.6 is 0 Å². The number of anilines is 1. The van der Waals surface area contributed by atoms with Crippen molar-refractivity contribution in [3.63, 3.8) is 0 Å². The lowest BCUT2D eigenvalue weighted by Gasteiger charge is -2.22. The molecule has 2 heterocycles. The number of benzene rings is 1. The predicted octanol–water partition coefficient (Wildman–Crippen LogP) is 2.90. The average Bonchev–Trinajstić information content (AvgIpc) is 2.72. The zero-order valence-corrected chi connectivity index (χ0v) is 15.5. The molecule has 6 heteroatoms. The van der Waals surface area contributed by atoms with Gasteiger partial charge in [0, 0.05) is 37.7 Å². The summed E-state index contributed by atoms with van der Waals surface area (Å²) in [5, 5.41) is 0. The Labute approximate surface area is 144 Å². The standard InChI is InChI=1S/C18H26N2O3S/c1-14(21)20-13-18(2,3)16-12-15(8-9-17(16)20)24(22,23)19-10-6-4-5-7-11-19/h8-9,12H,4-7,10-11,13H2,1-3H3. The van der Waals surface area contributed by atoms with Crippen LogP contribution in [0.2, 0.25) is 0 Å². The molecule has 132 valence electrons. The highest BCUT2D eigenvalue weighted by atomic mass is 32.2. The molecule has 1 amide bonds. The van der Waals surface area contributed by atoms with Crippen molar-refractivity contribution in [2.45, 2.75) is 56.8 Å². The second-order valence-electron chi connectivity index (χ2n) is 7.49. The van der Waals surface area contributed by atoms with E-state index in [0.29, 0.717) is 24.5 Å². The number of hydrogen-bond donors (Lipinski definition) is 0. The Balaban J connectivity index is 2.00. The smallest absolute Gasteiger partial charge is 0.243 e. The van der Waals surface area contributed by atoms with Crippen LogP contribution in [0.25, 0.3) is 0 Å². The Morgan fingerprint density at radius 3 is 2.29 bits per heavy atom. The molecule has 0 aliphatic carbocycles. The van der Waals surface area contributed by atoms with Crippen molar-refractivity contribution in [1.29, 1.82) is 0 Å². The van der Waals surface area contributed by atoms with Gasteiger partial charge in [-0.2, -0.15) is 4.31 Å². The van der Waals surface area contributed by atoms with Gasteiger partial charge in [-0.25, -0.2) is 8.42 Å². The summed E-state index contributed by atoms with van der Waals surface area (Å²) in [7, 11) is -3.46. The van der Waals surface area contributed by atoms with Crippen molar-refractivity contribution in [3.8, 4) is 0 Å². The van der Waals surface area contributed by atoms with Crippen molar-refractivity contribution in [2.75, 3.05) is 24.5 Å². The van der Waals surface area contributed by atoms with E-state index < -0.39 is 10.0 Å². The molecule has 2 aliphatic rings. The van der Waals surface area contributed by atoms with Crippen molar-refractivity contribution in [2.24, 2.45) is 0 Å². The topological polar surface area (TPSA) is 57.7 Å². The normalized spacial score (nSPS) is 21.4.